The van der Waals surface area contributed by atoms with E-state index in [4.69, 9.17) is 4.74 Å². The van der Waals surface area contributed by atoms with Gasteiger partial charge in [-0.15, -0.1) is 0 Å². The standard InChI is InChI=1S/C21H29N3O2/c1-23-11-8-18(14-26-13-17-6-9-22-10-7-17)12-21(23)15-24(16-21)20(25)19-4-2-3-5-19/h4,6-7,9-10,18H,2-3,5,8,11-16H2,1H3/t18-/m0/s1. The van der Waals surface area contributed by atoms with Gasteiger partial charge in [0.15, 0.2) is 0 Å². The van der Waals surface area contributed by atoms with E-state index < -0.39 is 0 Å². The second-order valence-electron chi connectivity index (χ2n) is 8.16. The van der Waals surface area contributed by atoms with Crippen LogP contribution in [-0.4, -0.2) is 59.5 Å². The van der Waals surface area contributed by atoms with Crippen LogP contribution in [0.4, 0.5) is 0 Å². The normalized spacial score (nSPS) is 25.2. The lowest BCUT2D eigenvalue weighted by atomic mass is 9.75. The van der Waals surface area contributed by atoms with Crippen molar-refractivity contribution in [3.8, 4) is 0 Å². The molecule has 2 aliphatic heterocycles. The molecule has 26 heavy (non-hydrogen) atoms. The van der Waals surface area contributed by atoms with E-state index in [1.54, 1.807) is 0 Å². The zero-order chi connectivity index (χ0) is 18.0. The van der Waals surface area contributed by atoms with Gasteiger partial charge in [-0.1, -0.05) is 6.08 Å². The minimum absolute atomic E-state index is 0.164. The highest BCUT2D eigenvalue weighted by atomic mass is 16.5. The van der Waals surface area contributed by atoms with E-state index in [1.165, 1.54) is 12.0 Å². The molecule has 0 unspecified atom stereocenters. The predicted molar refractivity (Wildman–Crippen MR) is 100 cm³/mol. The van der Waals surface area contributed by atoms with Crippen LogP contribution in [0.5, 0.6) is 0 Å². The molecular weight excluding hydrogens is 326 g/mol. The Hall–Kier alpha value is -1.72. The minimum Gasteiger partial charge on any atom is -0.376 e. The summed E-state index contributed by atoms with van der Waals surface area (Å²) < 4.78 is 5.98. The van der Waals surface area contributed by atoms with Gasteiger partial charge in [0, 0.05) is 37.7 Å². The van der Waals surface area contributed by atoms with E-state index >= 15 is 0 Å². The van der Waals surface area contributed by atoms with Gasteiger partial charge in [-0.3, -0.25) is 14.7 Å². The van der Waals surface area contributed by atoms with Gasteiger partial charge < -0.3 is 9.64 Å². The molecule has 0 aromatic carbocycles. The first-order valence-corrected chi connectivity index (χ1v) is 9.82. The van der Waals surface area contributed by atoms with Gasteiger partial charge >= 0.3 is 0 Å². The van der Waals surface area contributed by atoms with Crippen LogP contribution in [0, 0.1) is 5.92 Å². The first-order chi connectivity index (χ1) is 12.7. The van der Waals surface area contributed by atoms with Crippen LogP contribution in [0.2, 0.25) is 0 Å². The number of hydrogen-bond acceptors (Lipinski definition) is 4. The summed E-state index contributed by atoms with van der Waals surface area (Å²) in [5, 5.41) is 0. The number of aromatic nitrogens is 1. The smallest absolute Gasteiger partial charge is 0.249 e. The number of carbonyl (C=O) groups is 1. The topological polar surface area (TPSA) is 45.7 Å². The summed E-state index contributed by atoms with van der Waals surface area (Å²) in [5.74, 6) is 0.855. The minimum atomic E-state index is 0.164. The number of pyridine rings is 1. The number of amides is 1. The van der Waals surface area contributed by atoms with Crippen molar-refractivity contribution in [1.82, 2.24) is 14.8 Å². The molecule has 1 spiro atoms. The number of nitrogens with zero attached hydrogens (tertiary/aromatic N) is 3. The highest BCUT2D eigenvalue weighted by molar-refractivity contribution is 5.94. The maximum atomic E-state index is 12.6. The summed E-state index contributed by atoms with van der Waals surface area (Å²) in [6.07, 6.45) is 11.2. The van der Waals surface area contributed by atoms with Crippen molar-refractivity contribution in [2.24, 2.45) is 5.92 Å². The lowest BCUT2D eigenvalue weighted by molar-refractivity contribution is -0.147. The second-order valence-corrected chi connectivity index (χ2v) is 8.16. The van der Waals surface area contributed by atoms with E-state index in [1.807, 2.05) is 29.4 Å². The van der Waals surface area contributed by atoms with E-state index in [0.29, 0.717) is 12.5 Å². The molecule has 1 atom stereocenters. The Bertz CT molecular complexity index is 667. The Balaban J connectivity index is 1.28. The van der Waals surface area contributed by atoms with Gasteiger partial charge in [0.05, 0.1) is 12.1 Å². The average Bonchev–Trinajstić information content (AvgIpc) is 3.16. The lowest BCUT2D eigenvalue weighted by Gasteiger charge is -2.58. The molecule has 1 aromatic rings. The number of rotatable bonds is 5. The molecule has 0 bridgehead atoms. The fourth-order valence-electron chi connectivity index (χ4n) is 4.62. The molecule has 5 nitrogen and oxygen atoms in total. The van der Waals surface area contributed by atoms with E-state index in [0.717, 1.165) is 57.5 Å². The molecule has 2 fully saturated rings. The number of hydrogen-bond donors (Lipinski definition) is 0. The van der Waals surface area contributed by atoms with E-state index in [2.05, 4.69) is 23.0 Å². The molecule has 1 amide bonds. The molecule has 0 saturated carbocycles. The first-order valence-electron chi connectivity index (χ1n) is 9.82. The third-order valence-electron chi connectivity index (χ3n) is 6.30. The quantitative estimate of drug-likeness (QED) is 0.815. The second kappa shape index (κ2) is 7.49. The highest BCUT2D eigenvalue weighted by Crippen LogP contribution is 2.39. The predicted octanol–water partition coefficient (Wildman–Crippen LogP) is 2.63. The fraction of sp³-hybridized carbons (Fsp3) is 0.619. The maximum Gasteiger partial charge on any atom is 0.249 e. The molecule has 3 heterocycles. The van der Waals surface area contributed by atoms with Gasteiger partial charge in [0.2, 0.25) is 5.91 Å². The van der Waals surface area contributed by atoms with Crippen molar-refractivity contribution in [1.29, 1.82) is 0 Å². The Morgan fingerprint density at radius 1 is 1.35 bits per heavy atom. The average molecular weight is 355 g/mol. The van der Waals surface area contributed by atoms with Crippen molar-refractivity contribution < 1.29 is 9.53 Å². The number of allylic oxidation sites excluding steroid dienone is 1. The summed E-state index contributed by atoms with van der Waals surface area (Å²) in [5.41, 5.74) is 2.38. The molecule has 3 aliphatic rings. The molecular formula is C21H29N3O2. The van der Waals surface area contributed by atoms with Crippen LogP contribution < -0.4 is 0 Å². The summed E-state index contributed by atoms with van der Waals surface area (Å²) in [4.78, 5) is 21.1. The van der Waals surface area contributed by atoms with Gasteiger partial charge in [-0.2, -0.15) is 0 Å². The summed E-state index contributed by atoms with van der Waals surface area (Å²) >= 11 is 0. The maximum absolute atomic E-state index is 12.6. The van der Waals surface area contributed by atoms with Gasteiger partial charge in [0.25, 0.3) is 0 Å². The highest BCUT2D eigenvalue weighted by Gasteiger charge is 2.51. The van der Waals surface area contributed by atoms with Crippen LogP contribution in [0.25, 0.3) is 0 Å². The zero-order valence-electron chi connectivity index (χ0n) is 15.7. The molecule has 140 valence electrons. The van der Waals surface area contributed by atoms with E-state index in [9.17, 15) is 4.79 Å². The SMILES string of the molecule is CN1CC[C@H](COCc2ccncc2)CC12CN(C(=O)C1=CCCC1)C2. The molecule has 4 rings (SSSR count). The van der Waals surface area contributed by atoms with Gasteiger partial charge in [-0.25, -0.2) is 0 Å². The van der Waals surface area contributed by atoms with Crippen LogP contribution in [0.3, 0.4) is 0 Å². The molecule has 2 saturated heterocycles. The molecule has 1 aromatic heterocycles. The van der Waals surface area contributed by atoms with Crippen LogP contribution in [0.15, 0.2) is 36.2 Å². The van der Waals surface area contributed by atoms with Crippen molar-refractivity contribution in [3.05, 3.63) is 41.7 Å². The Kier molecular flexibility index (Phi) is 5.09. The summed E-state index contributed by atoms with van der Waals surface area (Å²) in [6.45, 7) is 4.30. The van der Waals surface area contributed by atoms with E-state index in [-0.39, 0.29) is 11.4 Å². The van der Waals surface area contributed by atoms with Crippen molar-refractivity contribution in [2.45, 2.75) is 44.2 Å². The Morgan fingerprint density at radius 2 is 2.15 bits per heavy atom. The molecule has 0 N–H and O–H groups in total. The number of likely N-dealkylation sites (N-methyl/N-ethyl adjacent to an activating group) is 1. The molecule has 5 heteroatoms. The van der Waals surface area contributed by atoms with Crippen LogP contribution in [-0.2, 0) is 16.1 Å². The van der Waals surface area contributed by atoms with Crippen molar-refractivity contribution >= 4 is 5.91 Å². The van der Waals surface area contributed by atoms with Crippen LogP contribution in [0.1, 0.15) is 37.7 Å². The number of carbonyl (C=O) groups excluding carboxylic acids is 1. The number of piperidine rings is 1. The van der Waals surface area contributed by atoms with Gasteiger partial charge in [0.1, 0.15) is 0 Å². The van der Waals surface area contributed by atoms with Gasteiger partial charge in [-0.05, 0) is 69.3 Å². The fourth-order valence-corrected chi connectivity index (χ4v) is 4.62. The van der Waals surface area contributed by atoms with Crippen molar-refractivity contribution in [2.75, 3.05) is 33.3 Å². The largest absolute Gasteiger partial charge is 0.376 e. The third kappa shape index (κ3) is 3.55. The first kappa shape index (κ1) is 17.7. The zero-order valence-corrected chi connectivity index (χ0v) is 15.7. The monoisotopic (exact) mass is 355 g/mol. The van der Waals surface area contributed by atoms with Crippen LogP contribution >= 0.6 is 0 Å². The summed E-state index contributed by atoms with van der Waals surface area (Å²) in [7, 11) is 2.21. The molecule has 1 aliphatic carbocycles. The third-order valence-corrected chi connectivity index (χ3v) is 6.30. The lowest BCUT2D eigenvalue weighted by Crippen LogP contribution is -2.72. The number of likely N-dealkylation sites (tertiary alicyclic amines) is 2. The Morgan fingerprint density at radius 3 is 2.88 bits per heavy atom. The van der Waals surface area contributed by atoms with Crippen molar-refractivity contribution in [3.63, 3.8) is 0 Å². The Labute approximate surface area is 156 Å². The molecule has 0 radical (unpaired) electrons. The number of ether oxygens (including phenoxy) is 1. The summed E-state index contributed by atoms with van der Waals surface area (Å²) in [6, 6.07) is 4.01.